The van der Waals surface area contributed by atoms with Crippen molar-refractivity contribution < 1.29 is 29.4 Å². The Kier molecular flexibility index (Phi) is 12.2. The average Bonchev–Trinajstić information content (AvgIpc) is 2.78. The van der Waals surface area contributed by atoms with Gasteiger partial charge in [-0.05, 0) is 37.0 Å². The zero-order chi connectivity index (χ0) is 25.7. The first-order valence-corrected chi connectivity index (χ1v) is 11.0. The van der Waals surface area contributed by atoms with Gasteiger partial charge in [-0.1, -0.05) is 12.1 Å². The number of carboxylic acids is 1. The number of guanidine groups is 1. The highest BCUT2D eigenvalue weighted by Crippen LogP contribution is 2.11. The average molecular weight is 498 g/mol. The van der Waals surface area contributed by atoms with Crippen LogP contribution in [0.3, 0.4) is 0 Å². The van der Waals surface area contributed by atoms with Gasteiger partial charge in [0.15, 0.2) is 5.96 Å². The fourth-order valence-corrected chi connectivity index (χ4v) is 3.01. The van der Waals surface area contributed by atoms with Gasteiger partial charge < -0.3 is 43.4 Å². The Bertz CT molecular complexity index is 877. The molecule has 34 heavy (non-hydrogen) atoms. The van der Waals surface area contributed by atoms with Gasteiger partial charge >= 0.3 is 5.97 Å². The van der Waals surface area contributed by atoms with Gasteiger partial charge in [-0.25, -0.2) is 4.79 Å². The molecule has 0 spiro atoms. The summed E-state index contributed by atoms with van der Waals surface area (Å²) in [5.74, 6) is -3.35. The van der Waals surface area contributed by atoms with E-state index in [0.717, 1.165) is 5.56 Å². The standard InChI is InChI=1S/C20H31N7O6S/c21-13(8-11-3-5-12(28)6-4-11)17(30)27-15(10-34)18(31)25-9-16(29)26-14(19(32)33)2-1-7-24-20(22)23/h3-6,13-15,28,34H,1-2,7-10,21H2,(H,25,31)(H,26,29)(H,27,30)(H,32,33)(H4,22,23,24). The van der Waals surface area contributed by atoms with Crippen molar-refractivity contribution in [3.05, 3.63) is 29.8 Å². The molecule has 13 nitrogen and oxygen atoms in total. The van der Waals surface area contributed by atoms with Gasteiger partial charge in [0.25, 0.3) is 0 Å². The van der Waals surface area contributed by atoms with Crippen molar-refractivity contribution in [2.45, 2.75) is 37.4 Å². The summed E-state index contributed by atoms with van der Waals surface area (Å²) in [7, 11) is 0. The molecule has 0 aliphatic carbocycles. The molecule has 1 rings (SSSR count). The minimum absolute atomic E-state index is 0.0618. The van der Waals surface area contributed by atoms with Crippen molar-refractivity contribution in [1.82, 2.24) is 16.0 Å². The molecule has 0 fully saturated rings. The summed E-state index contributed by atoms with van der Waals surface area (Å²) in [5.41, 5.74) is 17.0. The molecule has 3 unspecified atom stereocenters. The number of benzene rings is 1. The second-order valence-corrected chi connectivity index (χ2v) is 7.71. The predicted octanol–water partition coefficient (Wildman–Crippen LogP) is -2.58. The number of thiol groups is 1. The number of rotatable bonds is 14. The lowest BCUT2D eigenvalue weighted by Crippen LogP contribution is -2.54. The summed E-state index contributed by atoms with van der Waals surface area (Å²) in [4.78, 5) is 51.8. The lowest BCUT2D eigenvalue weighted by Gasteiger charge is -2.20. The summed E-state index contributed by atoms with van der Waals surface area (Å²) in [6.07, 6.45) is 0.578. The Labute approximate surface area is 201 Å². The molecular weight excluding hydrogens is 466 g/mol. The predicted molar refractivity (Wildman–Crippen MR) is 128 cm³/mol. The number of carbonyl (C=O) groups excluding carboxylic acids is 3. The maximum Gasteiger partial charge on any atom is 0.326 e. The Balaban J connectivity index is 2.51. The van der Waals surface area contributed by atoms with Crippen LogP contribution in [0.1, 0.15) is 18.4 Å². The molecule has 0 heterocycles. The molecule has 3 atom stereocenters. The number of phenols is 1. The minimum Gasteiger partial charge on any atom is -0.508 e. The first kappa shape index (κ1) is 28.5. The molecule has 188 valence electrons. The van der Waals surface area contributed by atoms with Crippen LogP contribution in [0.15, 0.2) is 29.3 Å². The van der Waals surface area contributed by atoms with Crippen LogP contribution >= 0.6 is 12.6 Å². The first-order chi connectivity index (χ1) is 16.0. The normalized spacial score (nSPS) is 13.1. The van der Waals surface area contributed by atoms with E-state index in [1.54, 1.807) is 12.1 Å². The van der Waals surface area contributed by atoms with Crippen molar-refractivity contribution >= 4 is 42.3 Å². The summed E-state index contributed by atoms with van der Waals surface area (Å²) in [6, 6.07) is 2.96. The van der Waals surface area contributed by atoms with E-state index < -0.39 is 48.4 Å². The van der Waals surface area contributed by atoms with E-state index in [2.05, 4.69) is 33.6 Å². The van der Waals surface area contributed by atoms with Gasteiger partial charge in [-0.3, -0.25) is 19.4 Å². The number of carbonyl (C=O) groups is 4. The van der Waals surface area contributed by atoms with Gasteiger partial charge in [0.05, 0.1) is 12.6 Å². The van der Waals surface area contributed by atoms with Crippen molar-refractivity contribution in [2.24, 2.45) is 22.2 Å². The third kappa shape index (κ3) is 10.9. The molecule has 3 amide bonds. The summed E-state index contributed by atoms with van der Waals surface area (Å²) in [6.45, 7) is -0.298. The molecule has 0 bridgehead atoms. The van der Waals surface area contributed by atoms with Crippen molar-refractivity contribution in [3.8, 4) is 5.75 Å². The number of hydrogen-bond acceptors (Lipinski definition) is 8. The van der Waals surface area contributed by atoms with Crippen molar-refractivity contribution in [2.75, 3.05) is 18.8 Å². The highest BCUT2D eigenvalue weighted by molar-refractivity contribution is 7.80. The fraction of sp³-hybridized carbons (Fsp3) is 0.450. The van der Waals surface area contributed by atoms with E-state index in [1.807, 2.05) is 0 Å². The first-order valence-electron chi connectivity index (χ1n) is 10.3. The van der Waals surface area contributed by atoms with Crippen LogP contribution in [0.25, 0.3) is 0 Å². The largest absolute Gasteiger partial charge is 0.508 e. The van der Waals surface area contributed by atoms with Crippen LogP contribution in [0.4, 0.5) is 0 Å². The van der Waals surface area contributed by atoms with Gasteiger partial charge in [-0.2, -0.15) is 12.6 Å². The van der Waals surface area contributed by atoms with Gasteiger partial charge in [0.2, 0.25) is 17.7 Å². The molecule has 1 aromatic carbocycles. The molecule has 0 saturated heterocycles. The molecule has 11 N–H and O–H groups in total. The number of amides is 3. The summed E-state index contributed by atoms with van der Waals surface area (Å²) in [5, 5.41) is 25.6. The monoisotopic (exact) mass is 497 g/mol. The molecular formula is C20H31N7O6S. The highest BCUT2D eigenvalue weighted by Gasteiger charge is 2.24. The highest BCUT2D eigenvalue weighted by atomic mass is 32.1. The number of aliphatic imine (C=N–C) groups is 1. The van der Waals surface area contributed by atoms with Crippen LogP contribution < -0.4 is 33.2 Å². The number of hydrogen-bond donors (Lipinski definition) is 9. The topological polar surface area (TPSA) is 235 Å². The van der Waals surface area contributed by atoms with E-state index in [1.165, 1.54) is 12.1 Å². The van der Waals surface area contributed by atoms with Crippen LogP contribution in [0, 0.1) is 0 Å². The molecule has 0 aromatic heterocycles. The maximum atomic E-state index is 12.3. The molecule has 0 radical (unpaired) electrons. The molecule has 1 aromatic rings. The maximum absolute atomic E-state index is 12.3. The van der Waals surface area contributed by atoms with E-state index in [4.69, 9.17) is 17.2 Å². The van der Waals surface area contributed by atoms with Crippen LogP contribution in [-0.4, -0.2) is 76.8 Å². The van der Waals surface area contributed by atoms with Gasteiger partial charge in [-0.15, -0.1) is 0 Å². The number of nitrogens with zero attached hydrogens (tertiary/aromatic N) is 1. The molecule has 0 aliphatic heterocycles. The zero-order valence-electron chi connectivity index (χ0n) is 18.4. The molecule has 0 aliphatic rings. The second-order valence-electron chi connectivity index (χ2n) is 7.35. The van der Waals surface area contributed by atoms with E-state index >= 15 is 0 Å². The zero-order valence-corrected chi connectivity index (χ0v) is 19.3. The van der Waals surface area contributed by atoms with Gasteiger partial charge in [0, 0.05) is 12.3 Å². The lowest BCUT2D eigenvalue weighted by atomic mass is 10.1. The summed E-state index contributed by atoms with van der Waals surface area (Å²) < 4.78 is 0. The molecule has 14 heteroatoms. The van der Waals surface area contributed by atoms with Crippen molar-refractivity contribution in [1.29, 1.82) is 0 Å². The SMILES string of the molecule is NC(N)=NCCCC(NC(=O)CNC(=O)C(CS)NC(=O)C(N)Cc1ccc(O)cc1)C(=O)O. The van der Waals surface area contributed by atoms with E-state index in [9.17, 15) is 29.4 Å². The number of phenolic OH excluding ortho intramolecular Hbond substituents is 1. The van der Waals surface area contributed by atoms with E-state index in [-0.39, 0.29) is 36.8 Å². The number of aliphatic carboxylic acids is 1. The summed E-state index contributed by atoms with van der Waals surface area (Å²) >= 11 is 4.05. The smallest absolute Gasteiger partial charge is 0.326 e. The van der Waals surface area contributed by atoms with Crippen LogP contribution in [0.5, 0.6) is 5.75 Å². The quantitative estimate of drug-likeness (QED) is 0.0567. The fourth-order valence-electron chi connectivity index (χ4n) is 2.75. The Morgan fingerprint density at radius 1 is 1.03 bits per heavy atom. The number of nitrogens with two attached hydrogens (primary N) is 3. The van der Waals surface area contributed by atoms with Crippen LogP contribution in [0.2, 0.25) is 0 Å². The van der Waals surface area contributed by atoms with Crippen molar-refractivity contribution in [3.63, 3.8) is 0 Å². The number of carboxylic acid groups (broad SMARTS) is 1. The number of nitrogens with one attached hydrogen (secondary N) is 3. The Morgan fingerprint density at radius 2 is 1.68 bits per heavy atom. The Hall–Kier alpha value is -3.52. The second kappa shape index (κ2) is 14.6. The van der Waals surface area contributed by atoms with Gasteiger partial charge in [0.1, 0.15) is 17.8 Å². The third-order valence-corrected chi connectivity index (χ3v) is 4.91. The third-order valence-electron chi connectivity index (χ3n) is 4.55. The van der Waals surface area contributed by atoms with E-state index in [0.29, 0.717) is 6.42 Å². The van der Waals surface area contributed by atoms with Crippen LogP contribution in [-0.2, 0) is 25.6 Å². The Morgan fingerprint density at radius 3 is 2.24 bits per heavy atom. The lowest BCUT2D eigenvalue weighted by molar-refractivity contribution is -0.142. The molecule has 0 saturated carbocycles. The number of aromatic hydroxyl groups is 1. The minimum atomic E-state index is -1.24.